The molecule has 0 saturated heterocycles. The van der Waals surface area contributed by atoms with Crippen molar-refractivity contribution >= 4 is 6.08 Å². The van der Waals surface area contributed by atoms with Crippen molar-refractivity contribution in [3.8, 4) is 11.5 Å². The van der Waals surface area contributed by atoms with Gasteiger partial charge in [-0.2, -0.15) is 0 Å². The first-order valence-corrected chi connectivity index (χ1v) is 4.81. The molecule has 0 atom stereocenters. The zero-order valence-corrected chi connectivity index (χ0v) is 8.47. The summed E-state index contributed by atoms with van der Waals surface area (Å²) >= 11 is 0. The molecule has 15 heavy (non-hydrogen) atoms. The van der Waals surface area contributed by atoms with Gasteiger partial charge >= 0.3 is 0 Å². The molecular formula is C11H12NO3-. The molecule has 1 aliphatic heterocycles. The first kappa shape index (κ1) is 9.86. The molecule has 0 aliphatic carbocycles. The second-order valence-corrected chi connectivity index (χ2v) is 3.16. The second kappa shape index (κ2) is 4.23. The van der Waals surface area contributed by atoms with Crippen LogP contribution >= 0.6 is 0 Å². The molecule has 0 radical (unpaired) electrons. The Kier molecular flexibility index (Phi) is 2.78. The van der Waals surface area contributed by atoms with Crippen molar-refractivity contribution < 1.29 is 9.47 Å². The summed E-state index contributed by atoms with van der Waals surface area (Å²) in [7, 11) is 0. The number of fused-ring (bicyclic) bond motifs is 1. The van der Waals surface area contributed by atoms with E-state index in [0.29, 0.717) is 6.54 Å². The largest absolute Gasteiger partial charge is 0.759 e. The molecule has 0 bridgehead atoms. The Bertz CT molecular complexity index is 376. The van der Waals surface area contributed by atoms with Crippen LogP contribution in [-0.4, -0.2) is 18.4 Å². The van der Waals surface area contributed by atoms with Crippen molar-refractivity contribution in [3.05, 3.63) is 35.2 Å². The van der Waals surface area contributed by atoms with Gasteiger partial charge in [-0.1, -0.05) is 6.07 Å². The van der Waals surface area contributed by atoms with Gasteiger partial charge in [0.25, 0.3) is 0 Å². The van der Waals surface area contributed by atoms with Gasteiger partial charge in [-0.15, -0.1) is 0 Å². The Morgan fingerprint density at radius 3 is 3.00 bits per heavy atom. The molecule has 0 unspecified atom stereocenters. The molecule has 80 valence electrons. The van der Waals surface area contributed by atoms with E-state index in [9.17, 15) is 5.21 Å². The quantitative estimate of drug-likeness (QED) is 0.711. The van der Waals surface area contributed by atoms with Crippen LogP contribution in [0.25, 0.3) is 6.08 Å². The van der Waals surface area contributed by atoms with E-state index in [0.717, 1.165) is 22.1 Å². The van der Waals surface area contributed by atoms with Gasteiger partial charge in [-0.05, 0) is 36.9 Å². The van der Waals surface area contributed by atoms with Crippen molar-refractivity contribution in [2.45, 2.75) is 6.92 Å². The van der Waals surface area contributed by atoms with Crippen molar-refractivity contribution in [1.82, 2.24) is 5.06 Å². The van der Waals surface area contributed by atoms with Crippen molar-refractivity contribution in [3.63, 3.8) is 0 Å². The molecule has 4 nitrogen and oxygen atoms in total. The summed E-state index contributed by atoms with van der Waals surface area (Å²) in [5, 5.41) is 11.9. The average molecular weight is 206 g/mol. The molecule has 4 heteroatoms. The summed E-state index contributed by atoms with van der Waals surface area (Å²) in [6.07, 6.45) is 3.25. The molecule has 0 fully saturated rings. The van der Waals surface area contributed by atoms with Crippen LogP contribution in [0.5, 0.6) is 11.5 Å². The highest BCUT2D eigenvalue weighted by molar-refractivity contribution is 5.56. The first-order valence-electron chi connectivity index (χ1n) is 4.81. The topological polar surface area (TPSA) is 44.8 Å². The number of rotatable bonds is 3. The molecule has 0 aromatic heterocycles. The summed E-state index contributed by atoms with van der Waals surface area (Å²) in [6, 6.07) is 5.57. The number of hydrogen-bond acceptors (Lipinski definition) is 4. The second-order valence-electron chi connectivity index (χ2n) is 3.16. The number of nitrogens with zero attached hydrogens (tertiary/aromatic N) is 1. The van der Waals surface area contributed by atoms with Crippen LogP contribution < -0.4 is 9.47 Å². The molecule has 0 spiro atoms. The van der Waals surface area contributed by atoms with E-state index >= 15 is 0 Å². The van der Waals surface area contributed by atoms with Gasteiger partial charge in [0.1, 0.15) is 0 Å². The minimum absolute atomic E-state index is 0.269. The fourth-order valence-electron chi connectivity index (χ4n) is 1.29. The Balaban J connectivity index is 2.13. The standard InChI is InChI=1S/C11H12NO3/c1-2-12(13)6-5-9-3-4-10-11(7-9)15-8-14-10/h3-7H,2,8H2,1H3/q-1/b6-5+. The summed E-state index contributed by atoms with van der Waals surface area (Å²) in [5.41, 5.74) is 0.925. The third-order valence-corrected chi connectivity index (χ3v) is 2.14. The maximum absolute atomic E-state index is 11.0. The van der Waals surface area contributed by atoms with Gasteiger partial charge in [0.15, 0.2) is 11.5 Å². The molecule has 0 amide bonds. The highest BCUT2D eigenvalue weighted by atomic mass is 16.7. The van der Waals surface area contributed by atoms with Crippen LogP contribution in [0, 0.1) is 5.21 Å². The number of benzene rings is 1. The molecular weight excluding hydrogens is 194 g/mol. The molecule has 1 aliphatic rings. The van der Waals surface area contributed by atoms with E-state index in [2.05, 4.69) is 0 Å². The smallest absolute Gasteiger partial charge is 0.231 e. The Morgan fingerprint density at radius 1 is 1.40 bits per heavy atom. The van der Waals surface area contributed by atoms with Crippen LogP contribution in [-0.2, 0) is 0 Å². The summed E-state index contributed by atoms with van der Waals surface area (Å²) < 4.78 is 10.4. The van der Waals surface area contributed by atoms with E-state index in [1.165, 1.54) is 6.20 Å². The van der Waals surface area contributed by atoms with E-state index in [-0.39, 0.29) is 6.79 Å². The lowest BCUT2D eigenvalue weighted by Crippen LogP contribution is -2.05. The fourth-order valence-corrected chi connectivity index (χ4v) is 1.29. The van der Waals surface area contributed by atoms with E-state index in [1.54, 1.807) is 13.0 Å². The minimum Gasteiger partial charge on any atom is -0.759 e. The van der Waals surface area contributed by atoms with Gasteiger partial charge in [-0.3, -0.25) is 0 Å². The molecule has 1 heterocycles. The van der Waals surface area contributed by atoms with E-state index in [1.807, 2.05) is 18.2 Å². The van der Waals surface area contributed by atoms with Gasteiger partial charge in [-0.25, -0.2) is 0 Å². The summed E-state index contributed by atoms with van der Waals surface area (Å²) in [6.45, 7) is 2.52. The zero-order chi connectivity index (χ0) is 10.7. The lowest BCUT2D eigenvalue weighted by molar-refractivity contribution is 0.174. The zero-order valence-electron chi connectivity index (χ0n) is 8.47. The van der Waals surface area contributed by atoms with Crippen molar-refractivity contribution in [1.29, 1.82) is 0 Å². The number of hydroxylamine groups is 2. The third kappa shape index (κ3) is 2.22. The first-order chi connectivity index (χ1) is 7.29. The summed E-state index contributed by atoms with van der Waals surface area (Å²) in [5.74, 6) is 1.48. The van der Waals surface area contributed by atoms with Crippen LogP contribution in [0.4, 0.5) is 0 Å². The Hall–Kier alpha value is -1.68. The highest BCUT2D eigenvalue weighted by Gasteiger charge is 2.11. The van der Waals surface area contributed by atoms with E-state index < -0.39 is 0 Å². The monoisotopic (exact) mass is 206 g/mol. The molecule has 2 rings (SSSR count). The maximum atomic E-state index is 11.0. The predicted octanol–water partition coefficient (Wildman–Crippen LogP) is 2.21. The fraction of sp³-hybridized carbons (Fsp3) is 0.273. The van der Waals surface area contributed by atoms with Gasteiger partial charge in [0, 0.05) is 6.54 Å². The molecule has 0 saturated carbocycles. The summed E-state index contributed by atoms with van der Waals surface area (Å²) in [4.78, 5) is 0. The van der Waals surface area contributed by atoms with Crippen LogP contribution in [0.1, 0.15) is 12.5 Å². The molecule has 1 aromatic carbocycles. The van der Waals surface area contributed by atoms with Gasteiger partial charge < -0.3 is 19.7 Å². The number of ether oxygens (including phenoxy) is 2. The van der Waals surface area contributed by atoms with Crippen molar-refractivity contribution in [2.75, 3.05) is 13.3 Å². The van der Waals surface area contributed by atoms with Gasteiger partial charge in [0.2, 0.25) is 6.79 Å². The Morgan fingerprint density at radius 2 is 2.20 bits per heavy atom. The highest BCUT2D eigenvalue weighted by Crippen LogP contribution is 2.32. The SMILES string of the molecule is CCN([O-])/C=C/c1ccc2c(c1)OCO2. The minimum atomic E-state index is 0.269. The van der Waals surface area contributed by atoms with Gasteiger partial charge in [0.05, 0.1) is 0 Å². The normalized spacial score (nSPS) is 13.5. The Labute approximate surface area is 88.3 Å². The van der Waals surface area contributed by atoms with Crippen molar-refractivity contribution in [2.24, 2.45) is 0 Å². The predicted molar refractivity (Wildman–Crippen MR) is 57.3 cm³/mol. The van der Waals surface area contributed by atoms with Crippen LogP contribution in [0.15, 0.2) is 24.4 Å². The van der Waals surface area contributed by atoms with Crippen LogP contribution in [0.2, 0.25) is 0 Å². The third-order valence-electron chi connectivity index (χ3n) is 2.14. The number of hydrogen-bond donors (Lipinski definition) is 0. The lowest BCUT2D eigenvalue weighted by atomic mass is 10.2. The average Bonchev–Trinajstić information content (AvgIpc) is 2.72. The molecule has 1 aromatic rings. The lowest BCUT2D eigenvalue weighted by Gasteiger charge is -2.23. The van der Waals surface area contributed by atoms with E-state index in [4.69, 9.17) is 9.47 Å². The maximum Gasteiger partial charge on any atom is 0.231 e. The molecule has 0 N–H and O–H groups in total. The van der Waals surface area contributed by atoms with Crippen LogP contribution in [0.3, 0.4) is 0 Å².